The number of imide groups is 1. The summed E-state index contributed by atoms with van der Waals surface area (Å²) in [6, 6.07) is 21.8. The fourth-order valence-corrected chi connectivity index (χ4v) is 4.35. The maximum Gasteiger partial charge on any atom is 0.283 e. The average molecular weight is 465 g/mol. The van der Waals surface area contributed by atoms with Gasteiger partial charge in [0, 0.05) is 21.7 Å². The van der Waals surface area contributed by atoms with Crippen LogP contribution in [0.3, 0.4) is 0 Å². The minimum atomic E-state index is -0.404. The zero-order valence-electron chi connectivity index (χ0n) is 17.6. The molecule has 0 unspecified atom stereocenters. The van der Waals surface area contributed by atoms with E-state index in [9.17, 15) is 9.59 Å². The third-order valence-electron chi connectivity index (χ3n) is 5.02. The van der Waals surface area contributed by atoms with Gasteiger partial charge in [0.1, 0.15) is 16.4 Å². The standard InChI is InChI=1S/C25H21ClN2O3S/c1-3-16-7-11-19(12-8-16)28-24(29)22(27-18-5-4-6-20(15-18)31-2)23(25(28)30)32-21-13-9-17(26)10-14-21/h4-15,27H,3H2,1-2H3. The predicted octanol–water partition coefficient (Wildman–Crippen LogP) is 5.90. The van der Waals surface area contributed by atoms with Gasteiger partial charge < -0.3 is 10.1 Å². The molecule has 2 amide bonds. The highest BCUT2D eigenvalue weighted by Gasteiger charge is 2.40. The van der Waals surface area contributed by atoms with Gasteiger partial charge in [-0.3, -0.25) is 9.59 Å². The smallest absolute Gasteiger partial charge is 0.283 e. The topological polar surface area (TPSA) is 58.6 Å². The maximum atomic E-state index is 13.4. The molecule has 0 saturated heterocycles. The zero-order valence-corrected chi connectivity index (χ0v) is 19.2. The average Bonchev–Trinajstić information content (AvgIpc) is 3.04. The quantitative estimate of drug-likeness (QED) is 0.441. The minimum absolute atomic E-state index is 0.225. The van der Waals surface area contributed by atoms with E-state index in [0.717, 1.165) is 16.9 Å². The first-order chi connectivity index (χ1) is 15.5. The molecule has 7 heteroatoms. The molecule has 0 fully saturated rings. The molecule has 3 aromatic carbocycles. The summed E-state index contributed by atoms with van der Waals surface area (Å²) in [5.41, 5.74) is 2.54. The number of nitrogens with one attached hydrogen (secondary N) is 1. The van der Waals surface area contributed by atoms with Crippen molar-refractivity contribution in [1.82, 2.24) is 0 Å². The first-order valence-corrected chi connectivity index (χ1v) is 11.3. The van der Waals surface area contributed by atoms with Crippen molar-refractivity contribution in [2.75, 3.05) is 17.3 Å². The number of benzene rings is 3. The van der Waals surface area contributed by atoms with Gasteiger partial charge >= 0.3 is 0 Å². The summed E-state index contributed by atoms with van der Waals surface area (Å²) in [5.74, 6) is -0.130. The molecule has 1 aliphatic heterocycles. The second kappa shape index (κ2) is 9.51. The zero-order chi connectivity index (χ0) is 22.7. The van der Waals surface area contributed by atoms with Gasteiger partial charge in [0.2, 0.25) is 0 Å². The molecule has 0 radical (unpaired) electrons. The number of nitrogens with zero attached hydrogens (tertiary/aromatic N) is 1. The predicted molar refractivity (Wildman–Crippen MR) is 129 cm³/mol. The fourth-order valence-electron chi connectivity index (χ4n) is 3.30. The molecule has 1 N–H and O–H groups in total. The highest BCUT2D eigenvalue weighted by molar-refractivity contribution is 8.04. The molecule has 0 aliphatic carbocycles. The Bertz CT molecular complexity index is 1190. The molecule has 0 spiro atoms. The highest BCUT2D eigenvalue weighted by atomic mass is 35.5. The second-order valence-electron chi connectivity index (χ2n) is 7.08. The van der Waals surface area contributed by atoms with E-state index in [1.54, 1.807) is 37.4 Å². The van der Waals surface area contributed by atoms with Crippen molar-refractivity contribution >= 4 is 46.6 Å². The number of rotatable bonds is 7. The summed E-state index contributed by atoms with van der Waals surface area (Å²) >= 11 is 7.23. The Morgan fingerprint density at radius 1 is 0.969 bits per heavy atom. The molecule has 0 bridgehead atoms. The molecule has 0 saturated carbocycles. The Morgan fingerprint density at radius 2 is 1.69 bits per heavy atom. The summed E-state index contributed by atoms with van der Waals surface area (Å²) in [6.45, 7) is 2.06. The van der Waals surface area contributed by atoms with Crippen molar-refractivity contribution in [1.29, 1.82) is 0 Å². The molecular formula is C25H21ClN2O3S. The van der Waals surface area contributed by atoms with Crippen LogP contribution in [0.2, 0.25) is 5.02 Å². The SMILES string of the molecule is CCc1ccc(N2C(=O)C(Nc3cccc(OC)c3)=C(Sc3ccc(Cl)cc3)C2=O)cc1. The van der Waals surface area contributed by atoms with Gasteiger partial charge in [0.05, 0.1) is 12.8 Å². The van der Waals surface area contributed by atoms with Gasteiger partial charge in [-0.05, 0) is 60.5 Å². The third kappa shape index (κ3) is 4.52. The van der Waals surface area contributed by atoms with E-state index in [0.29, 0.717) is 27.1 Å². The Morgan fingerprint density at radius 3 is 2.34 bits per heavy atom. The lowest BCUT2D eigenvalue weighted by molar-refractivity contribution is -0.120. The van der Waals surface area contributed by atoms with Crippen LogP contribution >= 0.6 is 23.4 Å². The van der Waals surface area contributed by atoms with Crippen LogP contribution in [0.4, 0.5) is 11.4 Å². The first-order valence-electron chi connectivity index (χ1n) is 10.1. The number of carbonyl (C=O) groups is 2. The summed E-state index contributed by atoms with van der Waals surface area (Å²) < 4.78 is 5.28. The molecule has 0 atom stereocenters. The number of thioether (sulfide) groups is 1. The fraction of sp³-hybridized carbons (Fsp3) is 0.120. The van der Waals surface area contributed by atoms with Gasteiger partial charge in [-0.25, -0.2) is 4.90 Å². The van der Waals surface area contributed by atoms with E-state index in [4.69, 9.17) is 16.3 Å². The third-order valence-corrected chi connectivity index (χ3v) is 6.36. The van der Waals surface area contributed by atoms with Gasteiger partial charge in [-0.1, -0.05) is 48.5 Å². The number of methoxy groups -OCH3 is 1. The van der Waals surface area contributed by atoms with E-state index < -0.39 is 5.91 Å². The van der Waals surface area contributed by atoms with E-state index in [1.807, 2.05) is 42.5 Å². The number of hydrogen-bond acceptors (Lipinski definition) is 5. The highest BCUT2D eigenvalue weighted by Crippen LogP contribution is 2.38. The van der Waals surface area contributed by atoms with Gasteiger partial charge in [-0.2, -0.15) is 0 Å². The lowest BCUT2D eigenvalue weighted by atomic mass is 10.1. The Hall–Kier alpha value is -3.22. The van der Waals surface area contributed by atoms with E-state index >= 15 is 0 Å². The Balaban J connectivity index is 1.72. The number of halogens is 1. The van der Waals surface area contributed by atoms with Crippen LogP contribution in [0.1, 0.15) is 12.5 Å². The molecule has 5 nitrogen and oxygen atoms in total. The largest absolute Gasteiger partial charge is 0.497 e. The van der Waals surface area contributed by atoms with Crippen molar-refractivity contribution in [3.63, 3.8) is 0 Å². The van der Waals surface area contributed by atoms with Crippen molar-refractivity contribution < 1.29 is 14.3 Å². The molecule has 3 aromatic rings. The number of aryl methyl sites for hydroxylation is 1. The molecular weight excluding hydrogens is 444 g/mol. The summed E-state index contributed by atoms with van der Waals surface area (Å²) in [6.07, 6.45) is 0.876. The monoisotopic (exact) mass is 464 g/mol. The second-order valence-corrected chi connectivity index (χ2v) is 8.60. The van der Waals surface area contributed by atoms with Crippen LogP contribution in [-0.4, -0.2) is 18.9 Å². The van der Waals surface area contributed by atoms with Gasteiger partial charge in [0.15, 0.2) is 0 Å². The lowest BCUT2D eigenvalue weighted by Crippen LogP contribution is -2.32. The Labute approximate surface area is 196 Å². The number of ether oxygens (including phenoxy) is 1. The van der Waals surface area contributed by atoms with Crippen molar-refractivity contribution in [2.45, 2.75) is 18.2 Å². The summed E-state index contributed by atoms with van der Waals surface area (Å²) in [5, 5.41) is 3.74. The minimum Gasteiger partial charge on any atom is -0.497 e. The van der Waals surface area contributed by atoms with E-state index in [1.165, 1.54) is 16.7 Å². The maximum absolute atomic E-state index is 13.4. The normalized spacial score (nSPS) is 13.7. The van der Waals surface area contributed by atoms with Crippen molar-refractivity contribution in [3.05, 3.63) is 94.0 Å². The van der Waals surface area contributed by atoms with Crippen LogP contribution < -0.4 is 15.0 Å². The van der Waals surface area contributed by atoms with Gasteiger partial charge in [-0.15, -0.1) is 0 Å². The Kier molecular flexibility index (Phi) is 6.53. The molecule has 4 rings (SSSR count). The number of amides is 2. The number of anilines is 2. The lowest BCUT2D eigenvalue weighted by Gasteiger charge is -2.16. The van der Waals surface area contributed by atoms with Crippen LogP contribution in [0, 0.1) is 0 Å². The summed E-state index contributed by atoms with van der Waals surface area (Å²) in [7, 11) is 1.58. The van der Waals surface area contributed by atoms with E-state index in [2.05, 4.69) is 12.2 Å². The molecule has 32 heavy (non-hydrogen) atoms. The number of carbonyl (C=O) groups excluding carboxylic acids is 2. The van der Waals surface area contributed by atoms with E-state index in [-0.39, 0.29) is 11.6 Å². The van der Waals surface area contributed by atoms with Crippen LogP contribution in [0.25, 0.3) is 0 Å². The summed E-state index contributed by atoms with van der Waals surface area (Å²) in [4.78, 5) is 29.1. The molecule has 1 heterocycles. The van der Waals surface area contributed by atoms with Crippen LogP contribution in [0.15, 0.2) is 88.3 Å². The van der Waals surface area contributed by atoms with Crippen LogP contribution in [-0.2, 0) is 16.0 Å². The molecule has 1 aliphatic rings. The first kappa shape index (κ1) is 22.0. The molecule has 162 valence electrons. The molecule has 0 aromatic heterocycles. The van der Waals surface area contributed by atoms with Crippen LogP contribution in [0.5, 0.6) is 5.75 Å². The van der Waals surface area contributed by atoms with Gasteiger partial charge in [0.25, 0.3) is 11.8 Å². The van der Waals surface area contributed by atoms with Crippen molar-refractivity contribution in [2.24, 2.45) is 0 Å². The number of hydrogen-bond donors (Lipinski definition) is 1. The van der Waals surface area contributed by atoms with Crippen molar-refractivity contribution in [3.8, 4) is 5.75 Å².